The van der Waals surface area contributed by atoms with Crippen molar-refractivity contribution in [3.63, 3.8) is 0 Å². The molecular weight excluding hydrogens is 643 g/mol. The molecule has 0 bridgehead atoms. The van der Waals surface area contributed by atoms with Crippen molar-refractivity contribution in [3.8, 4) is 0 Å². The van der Waals surface area contributed by atoms with Crippen LogP contribution >= 0.6 is 11.8 Å². The molecule has 0 aromatic heterocycles. The highest BCUT2D eigenvalue weighted by atomic mass is 32.2. The van der Waals surface area contributed by atoms with Gasteiger partial charge in [0.15, 0.2) is 0 Å². The van der Waals surface area contributed by atoms with Gasteiger partial charge >= 0.3 is 0 Å². The molecule has 9 heteroatoms. The summed E-state index contributed by atoms with van der Waals surface area (Å²) in [5, 5.41) is 10.8. The molecule has 3 N–H and O–H groups in total. The van der Waals surface area contributed by atoms with Crippen molar-refractivity contribution in [2.75, 3.05) is 27.4 Å². The molecule has 2 aliphatic heterocycles. The number of hydrogen-bond donors (Lipinski definition) is 3. The smallest absolute Gasteiger partial charge is 0.226 e. The summed E-state index contributed by atoms with van der Waals surface area (Å²) < 4.78 is 0. The summed E-state index contributed by atoms with van der Waals surface area (Å²) in [6.07, 6.45) is 6.52. The number of thioether (sulfide) groups is 1. The molecule has 1 fully saturated rings. The highest BCUT2D eigenvalue weighted by Gasteiger charge is 2.36. The van der Waals surface area contributed by atoms with Gasteiger partial charge in [0.05, 0.1) is 6.04 Å². The van der Waals surface area contributed by atoms with Crippen LogP contribution in [-0.4, -0.2) is 48.1 Å². The van der Waals surface area contributed by atoms with Crippen molar-refractivity contribution in [2.45, 2.75) is 114 Å². The van der Waals surface area contributed by atoms with Crippen molar-refractivity contribution in [3.05, 3.63) is 83.9 Å². The highest BCUT2D eigenvalue weighted by molar-refractivity contribution is 7.99. The van der Waals surface area contributed by atoms with E-state index in [0.717, 1.165) is 66.9 Å². The van der Waals surface area contributed by atoms with Crippen molar-refractivity contribution in [1.82, 2.24) is 10.6 Å². The minimum absolute atomic E-state index is 0.0680. The van der Waals surface area contributed by atoms with Gasteiger partial charge in [-0.15, -0.1) is 11.8 Å². The molecule has 266 valence electrons. The summed E-state index contributed by atoms with van der Waals surface area (Å²) in [4.78, 5) is 43.5. The first-order chi connectivity index (χ1) is 24.3. The first kappa shape index (κ1) is 36.0. The molecule has 0 saturated heterocycles. The molecule has 6 rings (SSSR count). The summed E-state index contributed by atoms with van der Waals surface area (Å²) in [5.41, 5.74) is 5.47. The maximum atomic E-state index is 13.1. The van der Waals surface area contributed by atoms with Gasteiger partial charge in [-0.1, -0.05) is 50.2 Å². The Kier molecular flexibility index (Phi) is 11.9. The number of carbonyl (C=O) groups is 3. The quantitative estimate of drug-likeness (QED) is 0.139. The van der Waals surface area contributed by atoms with Crippen LogP contribution in [0.2, 0.25) is 0 Å². The van der Waals surface area contributed by atoms with Crippen LogP contribution < -0.4 is 25.8 Å². The first-order valence-electron chi connectivity index (χ1n) is 18.6. The number of amides is 3. The molecule has 0 radical (unpaired) electrons. The van der Waals surface area contributed by atoms with Crippen LogP contribution in [0.4, 0.5) is 17.1 Å². The van der Waals surface area contributed by atoms with E-state index in [4.69, 9.17) is 0 Å². The number of anilines is 3. The average Bonchev–Trinajstić information content (AvgIpc) is 3.14. The van der Waals surface area contributed by atoms with E-state index in [2.05, 4.69) is 84.4 Å². The number of carbonyl (C=O) groups excluding carboxylic acids is 3. The number of fused-ring (bicyclic) bond motifs is 2. The Bertz CT molecular complexity index is 1640. The number of hydrogen-bond acceptors (Lipinski definition) is 6. The molecule has 3 aromatic carbocycles. The molecule has 0 unspecified atom stereocenters. The molecule has 50 heavy (non-hydrogen) atoms. The Morgan fingerprint density at radius 2 is 1.26 bits per heavy atom. The summed E-state index contributed by atoms with van der Waals surface area (Å²) in [5.74, 6) is 1.40. The molecule has 0 spiro atoms. The predicted molar refractivity (Wildman–Crippen MR) is 205 cm³/mol. The van der Waals surface area contributed by atoms with Crippen LogP contribution in [0.1, 0.15) is 102 Å². The zero-order valence-corrected chi connectivity index (χ0v) is 30.8. The minimum Gasteiger partial charge on any atom is -0.378 e. The average molecular weight is 696 g/mol. The van der Waals surface area contributed by atoms with Crippen molar-refractivity contribution in [1.29, 1.82) is 0 Å². The van der Waals surface area contributed by atoms with Gasteiger partial charge in [0, 0.05) is 77.2 Å². The minimum atomic E-state index is 0.0680. The summed E-state index contributed by atoms with van der Waals surface area (Å²) in [7, 11) is 0. The molecule has 2 heterocycles. The zero-order chi connectivity index (χ0) is 35.2. The van der Waals surface area contributed by atoms with Gasteiger partial charge in [0.25, 0.3) is 0 Å². The lowest BCUT2D eigenvalue weighted by Crippen LogP contribution is -2.47. The van der Waals surface area contributed by atoms with Crippen LogP contribution in [0.3, 0.4) is 0 Å². The van der Waals surface area contributed by atoms with E-state index in [-0.39, 0.29) is 47.8 Å². The van der Waals surface area contributed by atoms with Gasteiger partial charge in [-0.25, -0.2) is 0 Å². The maximum absolute atomic E-state index is 13.1. The van der Waals surface area contributed by atoms with E-state index in [1.165, 1.54) is 10.5 Å². The van der Waals surface area contributed by atoms with Gasteiger partial charge in [-0.3, -0.25) is 14.4 Å². The van der Waals surface area contributed by atoms with Crippen LogP contribution in [0.15, 0.2) is 77.7 Å². The van der Waals surface area contributed by atoms with E-state index in [9.17, 15) is 14.4 Å². The van der Waals surface area contributed by atoms with Crippen LogP contribution in [0.25, 0.3) is 0 Å². The molecule has 3 aromatic rings. The van der Waals surface area contributed by atoms with Crippen molar-refractivity contribution in [2.24, 2.45) is 5.92 Å². The Labute approximate surface area is 302 Å². The fraction of sp³-hybridized carbons (Fsp3) is 0.488. The number of benzene rings is 3. The Morgan fingerprint density at radius 3 is 1.84 bits per heavy atom. The molecular formula is C41H53N5O3S. The Hall–Kier alpha value is -3.82. The van der Waals surface area contributed by atoms with Gasteiger partial charge in [-0.05, 0) is 99.9 Å². The second-order valence-corrected chi connectivity index (χ2v) is 15.3. The van der Waals surface area contributed by atoms with Gasteiger partial charge in [-0.2, -0.15) is 0 Å². The van der Waals surface area contributed by atoms with E-state index >= 15 is 0 Å². The number of nitrogens with zero attached hydrogens (tertiary/aromatic N) is 2. The predicted octanol–water partition coefficient (Wildman–Crippen LogP) is 8.01. The third-order valence-electron chi connectivity index (χ3n) is 10.7. The van der Waals surface area contributed by atoms with Crippen LogP contribution in [0, 0.1) is 5.92 Å². The third-order valence-corrected chi connectivity index (χ3v) is 11.7. The SMILES string of the molecule is CCC(=O)N1c2ccccc2[C@H](Nc2ccc(SCCNC(=O)C3CCC(N[C@@H]4C[C@H](C)N(C(=O)CC)c5ccccc54)CC3)cc2)C[C@@H]1C. The Morgan fingerprint density at radius 1 is 0.720 bits per heavy atom. The first-order valence-corrected chi connectivity index (χ1v) is 19.6. The fourth-order valence-corrected chi connectivity index (χ4v) is 8.93. The summed E-state index contributed by atoms with van der Waals surface area (Å²) >= 11 is 1.76. The maximum Gasteiger partial charge on any atom is 0.226 e. The molecule has 4 atom stereocenters. The van der Waals surface area contributed by atoms with E-state index < -0.39 is 0 Å². The van der Waals surface area contributed by atoms with Gasteiger partial charge in [0.2, 0.25) is 17.7 Å². The molecule has 1 saturated carbocycles. The molecule has 8 nitrogen and oxygen atoms in total. The second kappa shape index (κ2) is 16.5. The lowest BCUT2D eigenvalue weighted by Gasteiger charge is -2.41. The van der Waals surface area contributed by atoms with Crippen molar-refractivity contribution < 1.29 is 14.4 Å². The second-order valence-electron chi connectivity index (χ2n) is 14.2. The lowest BCUT2D eigenvalue weighted by molar-refractivity contribution is -0.126. The van der Waals surface area contributed by atoms with Crippen LogP contribution in [-0.2, 0) is 14.4 Å². The normalized spacial score (nSPS) is 24.6. The Balaban J connectivity index is 0.928. The topological polar surface area (TPSA) is 93.8 Å². The number of rotatable bonds is 11. The highest BCUT2D eigenvalue weighted by Crippen LogP contribution is 2.40. The molecule has 3 amide bonds. The summed E-state index contributed by atoms with van der Waals surface area (Å²) in [6, 6.07) is 26.1. The fourth-order valence-electron chi connectivity index (χ4n) is 8.16. The van der Waals surface area contributed by atoms with Gasteiger partial charge < -0.3 is 25.8 Å². The largest absolute Gasteiger partial charge is 0.378 e. The van der Waals surface area contributed by atoms with Crippen LogP contribution in [0.5, 0.6) is 0 Å². The molecule has 3 aliphatic rings. The number of para-hydroxylation sites is 2. The summed E-state index contributed by atoms with van der Waals surface area (Å²) in [6.45, 7) is 8.77. The monoisotopic (exact) mass is 695 g/mol. The van der Waals surface area contributed by atoms with E-state index in [1.807, 2.05) is 41.8 Å². The van der Waals surface area contributed by atoms with E-state index in [0.29, 0.717) is 25.4 Å². The van der Waals surface area contributed by atoms with Gasteiger partial charge in [0.1, 0.15) is 0 Å². The lowest BCUT2D eigenvalue weighted by atomic mass is 9.83. The number of nitrogens with one attached hydrogen (secondary N) is 3. The van der Waals surface area contributed by atoms with Crippen molar-refractivity contribution >= 4 is 46.5 Å². The van der Waals surface area contributed by atoms with E-state index in [1.54, 1.807) is 11.8 Å². The third kappa shape index (κ3) is 8.05. The molecule has 1 aliphatic carbocycles. The zero-order valence-electron chi connectivity index (χ0n) is 30.0. The standard InChI is InChI=1S/C41H53N5O3S/c1-5-39(47)45-27(3)25-35(33-11-7-9-13-37(33)45)43-30-17-15-29(16-18-30)41(49)42-23-24-50-32-21-19-31(20-22-32)44-36-26-28(4)46(40(48)6-2)38-14-10-8-12-34(36)38/h7-14,19-22,27-30,35-36,43-44H,5-6,15-18,23-26H2,1-4H3,(H,42,49)/t27-,28-,29?,30?,35+,36+/m0/s1.